The summed E-state index contributed by atoms with van der Waals surface area (Å²) >= 11 is 0. The summed E-state index contributed by atoms with van der Waals surface area (Å²) in [6.07, 6.45) is 4.33. The van der Waals surface area contributed by atoms with Crippen molar-refractivity contribution in [3.8, 4) is 0 Å². The third-order valence-electron chi connectivity index (χ3n) is 2.81. The molecule has 1 unspecified atom stereocenters. The van der Waals surface area contributed by atoms with Gasteiger partial charge in [-0.1, -0.05) is 57.2 Å². The van der Waals surface area contributed by atoms with Crippen molar-refractivity contribution in [3.63, 3.8) is 0 Å². The van der Waals surface area contributed by atoms with Crippen molar-refractivity contribution in [1.29, 1.82) is 0 Å². The molecule has 1 atom stereocenters. The maximum atomic E-state index is 3.18. The molecule has 1 N–H and O–H groups in total. The van der Waals surface area contributed by atoms with E-state index in [0.29, 0.717) is 6.04 Å². The van der Waals surface area contributed by atoms with Crippen LogP contribution in [-0.2, 0) is 5.41 Å². The number of hydrogen-bond acceptors (Lipinski definition) is 1. The lowest BCUT2D eigenvalue weighted by Crippen LogP contribution is -2.17. The molecule has 0 heterocycles. The van der Waals surface area contributed by atoms with Crippen molar-refractivity contribution >= 4 is 6.08 Å². The Balaban J connectivity index is 2.76. The predicted molar refractivity (Wildman–Crippen MR) is 72.7 cm³/mol. The van der Waals surface area contributed by atoms with Crippen molar-refractivity contribution in [1.82, 2.24) is 5.32 Å². The Kier molecular flexibility index (Phi) is 4.31. The van der Waals surface area contributed by atoms with Crippen LogP contribution in [0.25, 0.3) is 6.08 Å². The molecule has 88 valence electrons. The van der Waals surface area contributed by atoms with E-state index in [1.54, 1.807) is 0 Å². The fourth-order valence-corrected chi connectivity index (χ4v) is 1.45. The summed E-state index contributed by atoms with van der Waals surface area (Å²) in [5.41, 5.74) is 2.88. The molecule has 0 saturated heterocycles. The van der Waals surface area contributed by atoms with Gasteiger partial charge in [-0.15, -0.1) is 0 Å². The van der Waals surface area contributed by atoms with Gasteiger partial charge in [0.2, 0.25) is 0 Å². The van der Waals surface area contributed by atoms with Crippen LogP contribution in [0.5, 0.6) is 0 Å². The van der Waals surface area contributed by atoms with Crippen LogP contribution < -0.4 is 5.32 Å². The van der Waals surface area contributed by atoms with Gasteiger partial charge in [0.05, 0.1) is 0 Å². The predicted octanol–water partition coefficient (Wildman–Crippen LogP) is 3.61. The first kappa shape index (κ1) is 13.0. The Hall–Kier alpha value is -1.08. The van der Waals surface area contributed by atoms with Crippen LogP contribution in [-0.4, -0.2) is 13.1 Å². The van der Waals surface area contributed by atoms with Crippen LogP contribution in [0.1, 0.15) is 38.8 Å². The lowest BCUT2D eigenvalue weighted by Gasteiger charge is -2.18. The van der Waals surface area contributed by atoms with Crippen LogP contribution >= 0.6 is 0 Å². The average Bonchev–Trinajstić information content (AvgIpc) is 2.25. The number of benzene rings is 1. The van der Waals surface area contributed by atoms with E-state index < -0.39 is 0 Å². The smallest absolute Gasteiger partial charge is 0.0221 e. The van der Waals surface area contributed by atoms with Gasteiger partial charge >= 0.3 is 0 Å². The van der Waals surface area contributed by atoms with Crippen molar-refractivity contribution in [3.05, 3.63) is 41.5 Å². The van der Waals surface area contributed by atoms with E-state index in [1.807, 2.05) is 7.05 Å². The largest absolute Gasteiger partial charge is 0.314 e. The summed E-state index contributed by atoms with van der Waals surface area (Å²) in [6, 6.07) is 9.20. The molecule has 0 saturated carbocycles. The van der Waals surface area contributed by atoms with E-state index in [-0.39, 0.29) is 5.41 Å². The van der Waals surface area contributed by atoms with Gasteiger partial charge in [0, 0.05) is 6.04 Å². The SMILES string of the molecule is CNC(C)/C=C/c1ccc(C(C)(C)C)cc1. The molecule has 0 aliphatic rings. The third kappa shape index (κ3) is 3.82. The average molecular weight is 217 g/mol. The summed E-state index contributed by atoms with van der Waals surface area (Å²) in [5.74, 6) is 0. The highest BCUT2D eigenvalue weighted by Gasteiger charge is 2.12. The molecule has 1 aromatic carbocycles. The zero-order valence-electron chi connectivity index (χ0n) is 11.0. The molecule has 0 aliphatic heterocycles. The maximum absolute atomic E-state index is 3.18. The first-order chi connectivity index (χ1) is 7.43. The fourth-order valence-electron chi connectivity index (χ4n) is 1.45. The molecular weight excluding hydrogens is 194 g/mol. The van der Waals surface area contributed by atoms with Crippen molar-refractivity contribution in [2.75, 3.05) is 7.05 Å². The Labute approximate surface area is 99.6 Å². The third-order valence-corrected chi connectivity index (χ3v) is 2.81. The number of nitrogens with one attached hydrogen (secondary N) is 1. The Bertz CT molecular complexity index is 341. The van der Waals surface area contributed by atoms with Gasteiger partial charge in [-0.2, -0.15) is 0 Å². The molecule has 0 fully saturated rings. The molecule has 1 nitrogen and oxygen atoms in total. The Morgan fingerprint density at radius 2 is 1.69 bits per heavy atom. The Morgan fingerprint density at radius 1 is 1.12 bits per heavy atom. The minimum absolute atomic E-state index is 0.237. The van der Waals surface area contributed by atoms with Crippen LogP contribution in [0.2, 0.25) is 0 Å². The van der Waals surface area contributed by atoms with Gasteiger partial charge in [0.1, 0.15) is 0 Å². The van der Waals surface area contributed by atoms with Gasteiger partial charge in [-0.3, -0.25) is 0 Å². The molecule has 16 heavy (non-hydrogen) atoms. The summed E-state index contributed by atoms with van der Waals surface area (Å²) in [4.78, 5) is 0. The van der Waals surface area contributed by atoms with E-state index >= 15 is 0 Å². The highest BCUT2D eigenvalue weighted by Crippen LogP contribution is 2.22. The molecule has 1 aromatic rings. The number of hydrogen-bond donors (Lipinski definition) is 1. The second-order valence-corrected chi connectivity index (χ2v) is 5.31. The van der Waals surface area contributed by atoms with E-state index in [0.717, 1.165) is 0 Å². The molecular formula is C15H23N. The van der Waals surface area contributed by atoms with E-state index in [1.165, 1.54) is 11.1 Å². The fraction of sp³-hybridized carbons (Fsp3) is 0.467. The number of rotatable bonds is 3. The Morgan fingerprint density at radius 3 is 2.12 bits per heavy atom. The van der Waals surface area contributed by atoms with Gasteiger partial charge in [0.25, 0.3) is 0 Å². The van der Waals surface area contributed by atoms with Crippen molar-refractivity contribution < 1.29 is 0 Å². The summed E-state index contributed by atoms with van der Waals surface area (Å²) in [7, 11) is 1.97. The molecule has 0 bridgehead atoms. The zero-order chi connectivity index (χ0) is 12.2. The lowest BCUT2D eigenvalue weighted by molar-refractivity contribution is 0.590. The van der Waals surface area contributed by atoms with Crippen molar-refractivity contribution in [2.45, 2.75) is 39.2 Å². The van der Waals surface area contributed by atoms with Gasteiger partial charge in [0.15, 0.2) is 0 Å². The lowest BCUT2D eigenvalue weighted by atomic mass is 9.87. The number of likely N-dealkylation sites (N-methyl/N-ethyl adjacent to an activating group) is 1. The standard InChI is InChI=1S/C15H23N/c1-12(16-5)6-7-13-8-10-14(11-9-13)15(2,3)4/h6-12,16H,1-5H3/b7-6+. The van der Waals surface area contributed by atoms with E-state index in [2.05, 4.69) is 69.4 Å². The quantitative estimate of drug-likeness (QED) is 0.815. The minimum Gasteiger partial charge on any atom is -0.314 e. The molecule has 0 radical (unpaired) electrons. The van der Waals surface area contributed by atoms with Gasteiger partial charge in [-0.25, -0.2) is 0 Å². The van der Waals surface area contributed by atoms with Gasteiger partial charge in [-0.05, 0) is 30.5 Å². The summed E-state index contributed by atoms with van der Waals surface area (Å²) in [5, 5.41) is 3.18. The summed E-state index contributed by atoms with van der Waals surface area (Å²) < 4.78 is 0. The maximum Gasteiger partial charge on any atom is 0.0221 e. The molecule has 0 amide bonds. The van der Waals surface area contributed by atoms with Crippen LogP contribution in [0.4, 0.5) is 0 Å². The zero-order valence-corrected chi connectivity index (χ0v) is 11.0. The topological polar surface area (TPSA) is 12.0 Å². The van der Waals surface area contributed by atoms with Crippen molar-refractivity contribution in [2.24, 2.45) is 0 Å². The van der Waals surface area contributed by atoms with Gasteiger partial charge < -0.3 is 5.32 Å². The van der Waals surface area contributed by atoms with Crippen LogP contribution in [0.15, 0.2) is 30.3 Å². The van der Waals surface area contributed by atoms with E-state index in [4.69, 9.17) is 0 Å². The molecule has 1 heteroatoms. The monoisotopic (exact) mass is 217 g/mol. The second kappa shape index (κ2) is 5.31. The second-order valence-electron chi connectivity index (χ2n) is 5.31. The molecule has 1 rings (SSSR count). The van der Waals surface area contributed by atoms with Crippen LogP contribution in [0.3, 0.4) is 0 Å². The first-order valence-electron chi connectivity index (χ1n) is 5.89. The van der Waals surface area contributed by atoms with Crippen LogP contribution in [0, 0.1) is 0 Å². The molecule has 0 spiro atoms. The normalized spacial score (nSPS) is 14.3. The summed E-state index contributed by atoms with van der Waals surface area (Å²) in [6.45, 7) is 8.85. The molecule has 0 aromatic heterocycles. The molecule has 0 aliphatic carbocycles. The first-order valence-corrected chi connectivity index (χ1v) is 5.89. The highest BCUT2D eigenvalue weighted by atomic mass is 14.8. The minimum atomic E-state index is 0.237. The highest BCUT2D eigenvalue weighted by molar-refractivity contribution is 5.50. The van der Waals surface area contributed by atoms with E-state index in [9.17, 15) is 0 Å².